The lowest BCUT2D eigenvalue weighted by Crippen LogP contribution is -2.41. The van der Waals surface area contributed by atoms with Gasteiger partial charge >= 0.3 is 5.97 Å². The molecule has 9 heteroatoms. The molecule has 3 aliphatic rings. The highest BCUT2D eigenvalue weighted by atomic mass is 35.5. The largest absolute Gasteiger partial charge is 0.478 e. The van der Waals surface area contributed by atoms with Crippen molar-refractivity contribution in [2.75, 3.05) is 42.5 Å². The first-order valence-corrected chi connectivity index (χ1v) is 17.6. The Balaban J connectivity index is 1.02. The molecule has 6 rings (SSSR count). The maximum Gasteiger partial charge on any atom is 0.335 e. The number of aromatic carboxylic acids is 1. The summed E-state index contributed by atoms with van der Waals surface area (Å²) in [5, 5.41) is 22.2. The summed E-state index contributed by atoms with van der Waals surface area (Å²) >= 11 is 6.37. The molecular formula is C39H46ClN5O3. The lowest BCUT2D eigenvalue weighted by molar-refractivity contribution is -0.109. The highest BCUT2D eigenvalue weighted by Gasteiger charge is 2.44. The first kappa shape index (κ1) is 33.8. The van der Waals surface area contributed by atoms with E-state index in [1.165, 1.54) is 23.2 Å². The Hall–Kier alpha value is -4.06. The molecule has 2 fully saturated rings. The minimum Gasteiger partial charge on any atom is -0.478 e. The Bertz CT molecular complexity index is 1680. The van der Waals surface area contributed by atoms with Crippen LogP contribution in [0.25, 0.3) is 0 Å². The van der Waals surface area contributed by atoms with Crippen LogP contribution in [0.15, 0.2) is 54.6 Å². The van der Waals surface area contributed by atoms with E-state index in [9.17, 15) is 20.0 Å². The van der Waals surface area contributed by atoms with Crippen LogP contribution >= 0.6 is 11.6 Å². The molecule has 1 spiro atoms. The predicted octanol–water partition coefficient (Wildman–Crippen LogP) is 6.80. The monoisotopic (exact) mass is 667 g/mol. The van der Waals surface area contributed by atoms with E-state index in [1.54, 1.807) is 0 Å². The number of amides is 1. The normalized spacial score (nSPS) is 19.2. The molecule has 3 heterocycles. The van der Waals surface area contributed by atoms with E-state index in [4.69, 9.17) is 11.6 Å². The van der Waals surface area contributed by atoms with Gasteiger partial charge in [0, 0.05) is 63.2 Å². The molecule has 8 nitrogen and oxygen atoms in total. The van der Waals surface area contributed by atoms with Crippen LogP contribution in [0.3, 0.4) is 0 Å². The fourth-order valence-electron chi connectivity index (χ4n) is 8.33. The number of nitriles is 1. The predicted molar refractivity (Wildman–Crippen MR) is 191 cm³/mol. The van der Waals surface area contributed by atoms with Crippen molar-refractivity contribution in [2.24, 2.45) is 11.3 Å². The molecule has 48 heavy (non-hydrogen) atoms. The van der Waals surface area contributed by atoms with E-state index in [-0.39, 0.29) is 0 Å². The van der Waals surface area contributed by atoms with Crippen molar-refractivity contribution >= 4 is 35.4 Å². The number of benzene rings is 3. The number of halogens is 1. The van der Waals surface area contributed by atoms with Crippen LogP contribution in [-0.4, -0.2) is 61.2 Å². The summed E-state index contributed by atoms with van der Waals surface area (Å²) < 4.78 is 0. The van der Waals surface area contributed by atoms with Crippen LogP contribution in [0.2, 0.25) is 5.02 Å². The molecule has 1 unspecified atom stereocenters. The molecule has 3 aliphatic heterocycles. The summed E-state index contributed by atoms with van der Waals surface area (Å²) in [6.45, 7) is 10.5. The standard InChI is InChI=1S/C39H46ClN5O3/c1-27-17-32-23-43(24-33(32)18-36(27)38(47)48)22-30(11-14-42-26-46)4-3-29-5-8-34(9-6-29)44-15-12-39(13-16-44)20-28(2)45(25-39)35-10-7-31(21-41)37(40)19-35/h5-10,17-19,26,28,30H,3-4,11-16,20,22-25H2,1-2H3,(H,42,46)(H,47,48)/t28-,30?/m0/s1. The van der Waals surface area contributed by atoms with Crippen molar-refractivity contribution in [3.05, 3.63) is 93.0 Å². The molecule has 2 atom stereocenters. The first-order chi connectivity index (χ1) is 23.2. The van der Waals surface area contributed by atoms with Gasteiger partial charge in [-0.3, -0.25) is 9.69 Å². The SMILES string of the molecule is Cc1cc2c(cc1C(=O)O)CN(CC(CCNC=O)CCc1ccc(N3CCC4(CC3)C[C@H](C)N(c3ccc(C#N)c(Cl)c3)C4)cc1)C2. The maximum absolute atomic E-state index is 11.6. The van der Waals surface area contributed by atoms with Gasteiger partial charge in [0.15, 0.2) is 0 Å². The van der Waals surface area contributed by atoms with Crippen LogP contribution in [0.1, 0.15) is 77.2 Å². The van der Waals surface area contributed by atoms with Crippen molar-refractivity contribution in [1.82, 2.24) is 10.2 Å². The molecule has 2 N–H and O–H groups in total. The van der Waals surface area contributed by atoms with Gasteiger partial charge in [-0.25, -0.2) is 4.79 Å². The Labute approximate surface area is 289 Å². The average Bonchev–Trinajstić information content (AvgIpc) is 3.62. The van der Waals surface area contributed by atoms with Crippen molar-refractivity contribution in [2.45, 2.75) is 71.5 Å². The van der Waals surface area contributed by atoms with Crippen LogP contribution in [0.4, 0.5) is 11.4 Å². The van der Waals surface area contributed by atoms with Crippen molar-refractivity contribution in [1.29, 1.82) is 5.26 Å². The number of carbonyl (C=O) groups is 2. The molecule has 2 saturated heterocycles. The van der Waals surface area contributed by atoms with E-state index in [0.29, 0.717) is 40.1 Å². The number of anilines is 2. The molecule has 252 valence electrons. The van der Waals surface area contributed by atoms with Gasteiger partial charge in [0.05, 0.1) is 16.1 Å². The zero-order valence-electron chi connectivity index (χ0n) is 28.1. The van der Waals surface area contributed by atoms with Crippen LogP contribution in [0, 0.1) is 29.6 Å². The number of carboxylic acids is 1. The molecule has 0 aliphatic carbocycles. The van der Waals surface area contributed by atoms with E-state index in [1.807, 2.05) is 37.3 Å². The van der Waals surface area contributed by atoms with Gasteiger partial charge in [0.1, 0.15) is 6.07 Å². The third kappa shape index (κ3) is 7.48. The molecular weight excluding hydrogens is 622 g/mol. The molecule has 3 aromatic rings. The Kier molecular flexibility index (Phi) is 10.3. The number of hydrogen-bond acceptors (Lipinski definition) is 6. The number of aryl methyl sites for hydroxylation is 2. The molecule has 0 radical (unpaired) electrons. The molecule has 1 amide bonds. The van der Waals surface area contributed by atoms with Crippen molar-refractivity contribution < 1.29 is 14.7 Å². The minimum absolute atomic E-state index is 0.304. The lowest BCUT2D eigenvalue weighted by Gasteiger charge is -2.40. The van der Waals surface area contributed by atoms with E-state index >= 15 is 0 Å². The summed E-state index contributed by atoms with van der Waals surface area (Å²) in [5.74, 6) is -0.456. The topological polar surface area (TPSA) is 99.9 Å². The summed E-state index contributed by atoms with van der Waals surface area (Å²) in [4.78, 5) is 30.0. The first-order valence-electron chi connectivity index (χ1n) is 17.2. The number of rotatable bonds is 12. The summed E-state index contributed by atoms with van der Waals surface area (Å²) in [6.07, 6.45) is 7.18. The average molecular weight is 668 g/mol. The molecule has 3 aromatic carbocycles. The minimum atomic E-state index is -0.872. The van der Waals surface area contributed by atoms with Crippen LogP contribution < -0.4 is 15.1 Å². The zero-order chi connectivity index (χ0) is 33.8. The second kappa shape index (κ2) is 14.6. The third-order valence-corrected chi connectivity index (χ3v) is 11.3. The smallest absolute Gasteiger partial charge is 0.335 e. The second-order valence-corrected chi connectivity index (χ2v) is 14.7. The summed E-state index contributed by atoms with van der Waals surface area (Å²) in [5.41, 5.74) is 8.08. The van der Waals surface area contributed by atoms with Gasteiger partial charge in [-0.05, 0) is 122 Å². The van der Waals surface area contributed by atoms with Gasteiger partial charge < -0.3 is 20.2 Å². The highest BCUT2D eigenvalue weighted by molar-refractivity contribution is 6.32. The number of fused-ring (bicyclic) bond motifs is 1. The number of hydrogen-bond donors (Lipinski definition) is 2. The number of carboxylic acid groups (broad SMARTS) is 1. The number of piperidine rings is 1. The maximum atomic E-state index is 11.6. The molecule has 0 bridgehead atoms. The third-order valence-electron chi connectivity index (χ3n) is 11.0. The Morgan fingerprint density at radius 1 is 1.08 bits per heavy atom. The van der Waals surface area contributed by atoms with Gasteiger partial charge in [-0.1, -0.05) is 29.8 Å². The highest BCUT2D eigenvalue weighted by Crippen LogP contribution is 2.46. The number of nitrogens with one attached hydrogen (secondary N) is 1. The van der Waals surface area contributed by atoms with Gasteiger partial charge in [-0.2, -0.15) is 5.26 Å². The van der Waals surface area contributed by atoms with E-state index < -0.39 is 5.97 Å². The quantitative estimate of drug-likeness (QED) is 0.162. The second-order valence-electron chi connectivity index (χ2n) is 14.3. The van der Waals surface area contributed by atoms with Gasteiger partial charge in [0.25, 0.3) is 0 Å². The molecule has 0 saturated carbocycles. The van der Waals surface area contributed by atoms with Crippen molar-refractivity contribution in [3.8, 4) is 6.07 Å². The van der Waals surface area contributed by atoms with Gasteiger partial charge in [-0.15, -0.1) is 0 Å². The van der Waals surface area contributed by atoms with Gasteiger partial charge in [0.2, 0.25) is 6.41 Å². The van der Waals surface area contributed by atoms with Crippen LogP contribution in [0.5, 0.6) is 0 Å². The summed E-state index contributed by atoms with van der Waals surface area (Å²) in [7, 11) is 0. The number of nitrogens with zero attached hydrogens (tertiary/aromatic N) is 4. The van der Waals surface area contributed by atoms with Crippen LogP contribution in [-0.2, 0) is 24.3 Å². The number of carbonyl (C=O) groups excluding carboxylic acids is 1. The fraction of sp³-hybridized carbons (Fsp3) is 0.462. The van der Waals surface area contributed by atoms with Crippen molar-refractivity contribution in [3.63, 3.8) is 0 Å². The van der Waals surface area contributed by atoms with E-state index in [0.717, 1.165) is 94.6 Å². The fourth-order valence-corrected chi connectivity index (χ4v) is 8.54. The lowest BCUT2D eigenvalue weighted by atomic mass is 9.76. The Morgan fingerprint density at radius 3 is 2.46 bits per heavy atom. The molecule has 0 aromatic heterocycles. The summed E-state index contributed by atoms with van der Waals surface area (Å²) in [6, 6.07) is 21.4. The zero-order valence-corrected chi connectivity index (χ0v) is 28.8. The Morgan fingerprint density at radius 2 is 1.79 bits per heavy atom. The van der Waals surface area contributed by atoms with E-state index in [2.05, 4.69) is 57.3 Å².